The predicted octanol–water partition coefficient (Wildman–Crippen LogP) is 1.59. The molecule has 0 spiro atoms. The summed E-state index contributed by atoms with van der Waals surface area (Å²) in [7, 11) is 0. The largest absolute Gasteiger partial charge is 0.302 e. The van der Waals surface area contributed by atoms with Crippen molar-refractivity contribution < 1.29 is 0 Å². The average molecular weight is 157 g/mol. The molecule has 0 radical (unpaired) electrons. The molecule has 2 heteroatoms. The standard InChI is InChI=1S/C8H15NS/c1-2-6-10-8-3-5-9(4-1)7-8/h8H,1-7H2. The number of rotatable bonds is 0. The average Bonchev–Trinajstić information content (AvgIpc) is 2.30. The summed E-state index contributed by atoms with van der Waals surface area (Å²) in [6.45, 7) is 4.12. The van der Waals surface area contributed by atoms with E-state index < -0.39 is 0 Å². The van der Waals surface area contributed by atoms with E-state index in [4.69, 9.17) is 0 Å². The molecule has 0 amide bonds. The van der Waals surface area contributed by atoms with Crippen LogP contribution < -0.4 is 0 Å². The Bertz CT molecular complexity index is 104. The second-order valence-electron chi connectivity index (χ2n) is 3.29. The van der Waals surface area contributed by atoms with Crippen LogP contribution in [0.1, 0.15) is 19.3 Å². The lowest BCUT2D eigenvalue weighted by atomic mass is 10.3. The summed E-state index contributed by atoms with van der Waals surface area (Å²) in [6.07, 6.45) is 4.32. The van der Waals surface area contributed by atoms with E-state index in [9.17, 15) is 0 Å². The summed E-state index contributed by atoms with van der Waals surface area (Å²) in [4.78, 5) is 2.62. The number of hydrogen-bond donors (Lipinski definition) is 0. The molecule has 2 aliphatic heterocycles. The van der Waals surface area contributed by atoms with Gasteiger partial charge in [0.1, 0.15) is 0 Å². The minimum Gasteiger partial charge on any atom is -0.302 e. The van der Waals surface area contributed by atoms with Crippen molar-refractivity contribution in [1.29, 1.82) is 0 Å². The van der Waals surface area contributed by atoms with Crippen LogP contribution in [0.3, 0.4) is 0 Å². The van der Waals surface area contributed by atoms with Crippen LogP contribution in [0.5, 0.6) is 0 Å². The van der Waals surface area contributed by atoms with Crippen molar-refractivity contribution >= 4 is 11.8 Å². The second kappa shape index (κ2) is 3.14. The van der Waals surface area contributed by atoms with Crippen LogP contribution in [0.15, 0.2) is 0 Å². The Kier molecular flexibility index (Phi) is 2.19. The number of hydrogen-bond acceptors (Lipinski definition) is 2. The maximum Gasteiger partial charge on any atom is 0.0187 e. The molecule has 1 nitrogen and oxygen atoms in total. The first-order valence-electron chi connectivity index (χ1n) is 4.29. The maximum atomic E-state index is 2.62. The molecule has 0 aromatic heterocycles. The highest BCUT2D eigenvalue weighted by Crippen LogP contribution is 2.25. The normalized spacial score (nSPS) is 40.8. The monoisotopic (exact) mass is 157 g/mol. The molecule has 2 aliphatic rings. The summed E-state index contributed by atoms with van der Waals surface area (Å²) in [5, 5.41) is 0.986. The fourth-order valence-corrected chi connectivity index (χ4v) is 3.12. The van der Waals surface area contributed by atoms with Gasteiger partial charge >= 0.3 is 0 Å². The van der Waals surface area contributed by atoms with Crippen LogP contribution in [-0.2, 0) is 0 Å². The molecule has 0 aliphatic carbocycles. The lowest BCUT2D eigenvalue weighted by Gasteiger charge is -2.18. The number of nitrogens with zero attached hydrogens (tertiary/aromatic N) is 1. The van der Waals surface area contributed by atoms with Crippen LogP contribution in [-0.4, -0.2) is 35.5 Å². The number of fused-ring (bicyclic) bond motifs is 2. The highest BCUT2D eigenvalue weighted by atomic mass is 32.2. The Hall–Kier alpha value is 0.310. The first-order chi connectivity index (χ1) is 4.95. The van der Waals surface area contributed by atoms with E-state index >= 15 is 0 Å². The van der Waals surface area contributed by atoms with Gasteiger partial charge in [-0.1, -0.05) is 0 Å². The van der Waals surface area contributed by atoms with Gasteiger partial charge < -0.3 is 4.90 Å². The third-order valence-corrected chi connectivity index (χ3v) is 3.83. The molecular weight excluding hydrogens is 142 g/mol. The lowest BCUT2D eigenvalue weighted by molar-refractivity contribution is 0.332. The quantitative estimate of drug-likeness (QED) is 0.525. The molecule has 2 fully saturated rings. The molecule has 2 heterocycles. The fraction of sp³-hybridized carbons (Fsp3) is 1.00. The van der Waals surface area contributed by atoms with Crippen LogP contribution >= 0.6 is 11.8 Å². The van der Waals surface area contributed by atoms with Gasteiger partial charge in [-0.3, -0.25) is 0 Å². The van der Waals surface area contributed by atoms with Gasteiger partial charge in [-0.05, 0) is 38.1 Å². The zero-order chi connectivity index (χ0) is 6.81. The van der Waals surface area contributed by atoms with E-state index in [0.717, 1.165) is 5.25 Å². The Balaban J connectivity index is 1.91. The molecule has 2 bridgehead atoms. The molecule has 2 atom stereocenters. The van der Waals surface area contributed by atoms with E-state index in [2.05, 4.69) is 16.7 Å². The molecule has 10 heavy (non-hydrogen) atoms. The van der Waals surface area contributed by atoms with Gasteiger partial charge in [0, 0.05) is 11.8 Å². The molecule has 0 N–H and O–H groups in total. The van der Waals surface area contributed by atoms with Crippen LogP contribution in [0, 0.1) is 0 Å². The molecule has 0 aromatic carbocycles. The van der Waals surface area contributed by atoms with Crippen molar-refractivity contribution in [2.75, 3.05) is 25.4 Å². The lowest BCUT2D eigenvalue weighted by Crippen LogP contribution is -2.24. The summed E-state index contributed by atoms with van der Waals surface area (Å²) in [6, 6.07) is 0. The molecule has 0 saturated carbocycles. The molecule has 2 rings (SSSR count). The Morgan fingerprint density at radius 3 is 3.20 bits per heavy atom. The predicted molar refractivity (Wildman–Crippen MR) is 46.5 cm³/mol. The first-order valence-corrected chi connectivity index (χ1v) is 5.34. The molecule has 2 unspecified atom stereocenters. The van der Waals surface area contributed by atoms with Crippen molar-refractivity contribution in [3.8, 4) is 0 Å². The fourth-order valence-electron chi connectivity index (χ4n) is 1.82. The van der Waals surface area contributed by atoms with Crippen molar-refractivity contribution in [3.05, 3.63) is 0 Å². The smallest absolute Gasteiger partial charge is 0.0187 e. The molecule has 58 valence electrons. The van der Waals surface area contributed by atoms with E-state index in [1.165, 1.54) is 44.6 Å². The van der Waals surface area contributed by atoms with Gasteiger partial charge in [-0.25, -0.2) is 0 Å². The molecule has 0 aromatic rings. The van der Waals surface area contributed by atoms with Crippen molar-refractivity contribution in [2.24, 2.45) is 0 Å². The topological polar surface area (TPSA) is 3.24 Å². The maximum absolute atomic E-state index is 2.62. The third kappa shape index (κ3) is 1.48. The molecule has 2 saturated heterocycles. The minimum atomic E-state index is 0.986. The van der Waals surface area contributed by atoms with Crippen LogP contribution in [0.25, 0.3) is 0 Å². The Morgan fingerprint density at radius 2 is 2.20 bits per heavy atom. The van der Waals surface area contributed by atoms with Gasteiger partial charge in [0.25, 0.3) is 0 Å². The zero-order valence-corrected chi connectivity index (χ0v) is 7.20. The first kappa shape index (κ1) is 6.99. The van der Waals surface area contributed by atoms with Gasteiger partial charge in [-0.15, -0.1) is 0 Å². The van der Waals surface area contributed by atoms with E-state index in [-0.39, 0.29) is 0 Å². The van der Waals surface area contributed by atoms with Crippen LogP contribution in [0.2, 0.25) is 0 Å². The summed E-state index contributed by atoms with van der Waals surface area (Å²) >= 11 is 2.20. The van der Waals surface area contributed by atoms with Gasteiger partial charge in [-0.2, -0.15) is 11.8 Å². The number of thioether (sulfide) groups is 1. The minimum absolute atomic E-state index is 0.986. The van der Waals surface area contributed by atoms with Gasteiger partial charge in [0.2, 0.25) is 0 Å². The van der Waals surface area contributed by atoms with Crippen molar-refractivity contribution in [2.45, 2.75) is 24.5 Å². The summed E-state index contributed by atoms with van der Waals surface area (Å²) in [5.41, 5.74) is 0. The van der Waals surface area contributed by atoms with E-state index in [0.29, 0.717) is 0 Å². The molecular formula is C8H15NS. The van der Waals surface area contributed by atoms with Crippen molar-refractivity contribution in [1.82, 2.24) is 4.90 Å². The second-order valence-corrected chi connectivity index (χ2v) is 4.70. The highest BCUT2D eigenvalue weighted by molar-refractivity contribution is 7.99. The zero-order valence-electron chi connectivity index (χ0n) is 6.38. The summed E-state index contributed by atoms with van der Waals surface area (Å²) < 4.78 is 0. The van der Waals surface area contributed by atoms with E-state index in [1.807, 2.05) is 0 Å². The third-order valence-electron chi connectivity index (χ3n) is 2.45. The SMILES string of the molecule is C1CCN2CCC(C2)SC1. The van der Waals surface area contributed by atoms with Crippen LogP contribution in [0.4, 0.5) is 0 Å². The van der Waals surface area contributed by atoms with E-state index in [1.54, 1.807) is 0 Å². The van der Waals surface area contributed by atoms with Gasteiger partial charge in [0.05, 0.1) is 0 Å². The highest BCUT2D eigenvalue weighted by Gasteiger charge is 2.23. The van der Waals surface area contributed by atoms with Gasteiger partial charge in [0.15, 0.2) is 0 Å². The Labute approximate surface area is 67.2 Å². The Morgan fingerprint density at radius 1 is 1.20 bits per heavy atom. The van der Waals surface area contributed by atoms with Crippen molar-refractivity contribution in [3.63, 3.8) is 0 Å². The summed E-state index contributed by atoms with van der Waals surface area (Å²) in [5.74, 6) is 1.42.